The monoisotopic (exact) mass is 301 g/mol. The number of nitrogens with zero attached hydrogens (tertiary/aromatic N) is 3. The third kappa shape index (κ3) is 3.94. The number of halogens is 1. The van der Waals surface area contributed by atoms with Crippen molar-refractivity contribution in [3.8, 4) is 5.75 Å². The average Bonchev–Trinajstić information content (AvgIpc) is 2.45. The van der Waals surface area contributed by atoms with Crippen LogP contribution in [0.15, 0.2) is 11.0 Å². The largest absolute Gasteiger partial charge is 0.487 e. The number of likely N-dealkylation sites (tertiary alicyclic amines) is 1. The lowest BCUT2D eigenvalue weighted by molar-refractivity contribution is 0.0615. The molecule has 1 N–H and O–H groups in total. The van der Waals surface area contributed by atoms with E-state index in [2.05, 4.69) is 10.00 Å². The summed E-state index contributed by atoms with van der Waals surface area (Å²) in [5.41, 5.74) is -0.408. The van der Waals surface area contributed by atoms with Gasteiger partial charge in [0.2, 0.25) is 0 Å². The maximum atomic E-state index is 11.6. The highest BCUT2D eigenvalue weighted by atomic mass is 35.5. The summed E-state index contributed by atoms with van der Waals surface area (Å²) in [6.07, 6.45) is 4.40. The molecule has 6 nitrogen and oxygen atoms in total. The lowest BCUT2D eigenvalue weighted by atomic mass is 10.1. The van der Waals surface area contributed by atoms with Gasteiger partial charge >= 0.3 is 0 Å². The zero-order valence-electron chi connectivity index (χ0n) is 11.6. The number of aliphatic hydroxyl groups excluding tert-OH is 1. The van der Waals surface area contributed by atoms with Gasteiger partial charge in [-0.2, -0.15) is 5.10 Å². The van der Waals surface area contributed by atoms with Crippen LogP contribution in [0, 0.1) is 0 Å². The standard InChI is InChI=1S/C13H20ClN3O3/c1-16-13(19)12(14)11(7-15-16)20-9-10(18)8-17-5-3-2-4-6-17/h7,10,18H,2-6,8-9H2,1H3/t10-/m0/s1. The first-order valence-corrected chi connectivity index (χ1v) is 7.20. The lowest BCUT2D eigenvalue weighted by Gasteiger charge is -2.28. The molecule has 0 amide bonds. The molecule has 1 atom stereocenters. The molecule has 0 spiro atoms. The summed E-state index contributed by atoms with van der Waals surface area (Å²) >= 11 is 5.88. The number of aryl methyl sites for hydroxylation is 1. The molecule has 0 saturated carbocycles. The minimum atomic E-state index is -0.603. The highest BCUT2D eigenvalue weighted by molar-refractivity contribution is 6.31. The zero-order chi connectivity index (χ0) is 14.5. The van der Waals surface area contributed by atoms with Gasteiger partial charge in [0.05, 0.1) is 6.20 Å². The fraction of sp³-hybridized carbons (Fsp3) is 0.692. The van der Waals surface area contributed by atoms with E-state index in [9.17, 15) is 9.90 Å². The van der Waals surface area contributed by atoms with Crippen molar-refractivity contribution in [3.63, 3.8) is 0 Å². The fourth-order valence-electron chi connectivity index (χ4n) is 2.27. The number of rotatable bonds is 5. The SMILES string of the molecule is Cn1ncc(OC[C@@H](O)CN2CCCCC2)c(Cl)c1=O. The van der Waals surface area contributed by atoms with E-state index in [-0.39, 0.29) is 17.4 Å². The van der Waals surface area contributed by atoms with Crippen LogP contribution in [0.1, 0.15) is 19.3 Å². The zero-order valence-corrected chi connectivity index (χ0v) is 12.3. The Bertz CT molecular complexity index is 500. The second-order valence-electron chi connectivity index (χ2n) is 5.08. The molecule has 1 aliphatic heterocycles. The molecule has 0 aliphatic carbocycles. The molecule has 1 aromatic rings. The molecular formula is C13H20ClN3O3. The van der Waals surface area contributed by atoms with Gasteiger partial charge in [-0.3, -0.25) is 4.79 Å². The van der Waals surface area contributed by atoms with E-state index < -0.39 is 11.7 Å². The summed E-state index contributed by atoms with van der Waals surface area (Å²) < 4.78 is 6.53. The molecule has 0 bridgehead atoms. The molecule has 1 aromatic heterocycles. The molecule has 112 valence electrons. The van der Waals surface area contributed by atoms with Crippen LogP contribution in [0.3, 0.4) is 0 Å². The summed E-state index contributed by atoms with van der Waals surface area (Å²) in [7, 11) is 1.52. The van der Waals surface area contributed by atoms with Gasteiger partial charge in [0.15, 0.2) is 10.8 Å². The normalized spacial score (nSPS) is 17.9. The van der Waals surface area contributed by atoms with Crippen LogP contribution in [-0.2, 0) is 7.05 Å². The Morgan fingerprint density at radius 3 is 2.85 bits per heavy atom. The molecule has 1 saturated heterocycles. The fourth-order valence-corrected chi connectivity index (χ4v) is 2.50. The van der Waals surface area contributed by atoms with Gasteiger partial charge < -0.3 is 14.7 Å². The van der Waals surface area contributed by atoms with Crippen molar-refractivity contribution < 1.29 is 9.84 Å². The Balaban J connectivity index is 1.85. The summed E-state index contributed by atoms with van der Waals surface area (Å²) in [6.45, 7) is 2.72. The van der Waals surface area contributed by atoms with Crippen molar-refractivity contribution in [3.05, 3.63) is 21.6 Å². The number of hydrogen-bond donors (Lipinski definition) is 1. The van der Waals surface area contributed by atoms with Gasteiger partial charge in [-0.05, 0) is 25.9 Å². The molecule has 20 heavy (non-hydrogen) atoms. The van der Waals surface area contributed by atoms with E-state index >= 15 is 0 Å². The van der Waals surface area contributed by atoms with Crippen LogP contribution in [-0.4, -0.2) is 52.1 Å². The van der Waals surface area contributed by atoms with Crippen molar-refractivity contribution in [2.24, 2.45) is 7.05 Å². The second kappa shape index (κ2) is 7.06. The molecule has 0 unspecified atom stereocenters. The molecule has 1 aliphatic rings. The third-order valence-corrected chi connectivity index (χ3v) is 3.74. The van der Waals surface area contributed by atoms with Crippen LogP contribution in [0.25, 0.3) is 0 Å². The topological polar surface area (TPSA) is 67.6 Å². The molecule has 2 heterocycles. The number of ether oxygens (including phenoxy) is 1. The van der Waals surface area contributed by atoms with Crippen molar-refractivity contribution in [2.45, 2.75) is 25.4 Å². The van der Waals surface area contributed by atoms with Gasteiger partial charge in [0.1, 0.15) is 12.7 Å². The van der Waals surface area contributed by atoms with Crippen molar-refractivity contribution in [2.75, 3.05) is 26.2 Å². The number of hydrogen-bond acceptors (Lipinski definition) is 5. The second-order valence-corrected chi connectivity index (χ2v) is 5.46. The minimum Gasteiger partial charge on any atom is -0.487 e. The molecule has 0 radical (unpaired) electrons. The van der Waals surface area contributed by atoms with Crippen LogP contribution in [0.2, 0.25) is 5.02 Å². The van der Waals surface area contributed by atoms with E-state index in [1.54, 1.807) is 0 Å². The highest BCUT2D eigenvalue weighted by Crippen LogP contribution is 2.18. The predicted octanol–water partition coefficient (Wildman–Crippen LogP) is 0.659. The number of aromatic nitrogens is 2. The first-order chi connectivity index (χ1) is 9.58. The Morgan fingerprint density at radius 1 is 1.45 bits per heavy atom. The molecule has 1 fully saturated rings. The molecule has 7 heteroatoms. The lowest BCUT2D eigenvalue weighted by Crippen LogP contribution is -2.38. The first kappa shape index (κ1) is 15.3. The molecule has 2 rings (SSSR count). The number of aliphatic hydroxyl groups is 1. The number of β-amino-alcohol motifs (C(OH)–C–C–N with tert-alkyl or cyclic N) is 1. The van der Waals surface area contributed by atoms with E-state index in [1.807, 2.05) is 0 Å². The van der Waals surface area contributed by atoms with E-state index in [1.165, 1.54) is 32.5 Å². The Kier molecular flexibility index (Phi) is 5.39. The van der Waals surface area contributed by atoms with Crippen molar-refractivity contribution in [1.82, 2.24) is 14.7 Å². The van der Waals surface area contributed by atoms with Crippen LogP contribution in [0.4, 0.5) is 0 Å². The maximum absolute atomic E-state index is 11.6. The van der Waals surface area contributed by atoms with Gasteiger partial charge in [0, 0.05) is 13.6 Å². The average molecular weight is 302 g/mol. The Morgan fingerprint density at radius 2 is 2.15 bits per heavy atom. The Hall–Kier alpha value is -1.11. The van der Waals surface area contributed by atoms with Gasteiger partial charge in [-0.1, -0.05) is 18.0 Å². The van der Waals surface area contributed by atoms with Crippen molar-refractivity contribution in [1.29, 1.82) is 0 Å². The minimum absolute atomic E-state index is 0.00678. The van der Waals surface area contributed by atoms with Gasteiger partial charge in [0.25, 0.3) is 5.56 Å². The predicted molar refractivity (Wildman–Crippen MR) is 76.3 cm³/mol. The third-order valence-electron chi connectivity index (χ3n) is 3.40. The highest BCUT2D eigenvalue weighted by Gasteiger charge is 2.16. The summed E-state index contributed by atoms with van der Waals surface area (Å²) in [4.78, 5) is 13.8. The molecule has 0 aromatic carbocycles. The van der Waals surface area contributed by atoms with Gasteiger partial charge in [-0.25, -0.2) is 4.68 Å². The Labute approximate surface area is 122 Å². The summed E-state index contributed by atoms with van der Waals surface area (Å²) in [5.74, 6) is 0.215. The van der Waals surface area contributed by atoms with Crippen LogP contribution < -0.4 is 10.3 Å². The number of piperidine rings is 1. The van der Waals surface area contributed by atoms with Crippen LogP contribution in [0.5, 0.6) is 5.75 Å². The molecular weight excluding hydrogens is 282 g/mol. The van der Waals surface area contributed by atoms with E-state index in [0.717, 1.165) is 17.8 Å². The van der Waals surface area contributed by atoms with E-state index in [4.69, 9.17) is 16.3 Å². The quantitative estimate of drug-likeness (QED) is 0.865. The van der Waals surface area contributed by atoms with Gasteiger partial charge in [-0.15, -0.1) is 0 Å². The first-order valence-electron chi connectivity index (χ1n) is 6.83. The maximum Gasteiger partial charge on any atom is 0.289 e. The van der Waals surface area contributed by atoms with Crippen molar-refractivity contribution >= 4 is 11.6 Å². The van der Waals surface area contributed by atoms with Crippen LogP contribution >= 0.6 is 11.6 Å². The summed E-state index contributed by atoms with van der Waals surface area (Å²) in [5, 5.41) is 13.8. The smallest absolute Gasteiger partial charge is 0.289 e. The van der Waals surface area contributed by atoms with E-state index in [0.29, 0.717) is 6.54 Å². The summed E-state index contributed by atoms with van der Waals surface area (Å²) in [6, 6.07) is 0.